The number of carbonyl (C=O) groups is 2. The van der Waals surface area contributed by atoms with Crippen LogP contribution in [-0.4, -0.2) is 108 Å². The van der Waals surface area contributed by atoms with Gasteiger partial charge in [-0.15, -0.1) is 0 Å². The normalized spacial score (nSPS) is 21.8. The first-order valence-corrected chi connectivity index (χ1v) is 29.1. The Labute approximate surface area is 409 Å². The van der Waals surface area contributed by atoms with Crippen LogP contribution in [0.15, 0.2) is 60.8 Å². The fourth-order valence-corrected chi connectivity index (χ4v) is 9.19. The van der Waals surface area contributed by atoms with Crippen molar-refractivity contribution in [2.24, 2.45) is 0 Å². The first-order valence-electron chi connectivity index (χ1n) is 24.6. The van der Waals surface area contributed by atoms with Gasteiger partial charge < -0.3 is 49.3 Å². The maximum Gasteiger partial charge on any atom is 0.472 e. The zero-order chi connectivity index (χ0) is 51.4. The number of phosphoric acid groups is 3. The molecular formula is C47H83O19P3. The maximum atomic E-state index is 13.1. The van der Waals surface area contributed by atoms with E-state index in [-0.39, 0.29) is 12.8 Å². The van der Waals surface area contributed by atoms with E-state index in [1.807, 2.05) is 18.2 Å². The minimum absolute atomic E-state index is 0.00132. The van der Waals surface area contributed by atoms with Gasteiger partial charge in [0.2, 0.25) is 0 Å². The summed E-state index contributed by atoms with van der Waals surface area (Å²) in [4.78, 5) is 73.2. The predicted molar refractivity (Wildman–Crippen MR) is 261 cm³/mol. The smallest absolute Gasteiger partial charge is 0.462 e. The van der Waals surface area contributed by atoms with E-state index in [2.05, 4.69) is 65.4 Å². The van der Waals surface area contributed by atoms with Gasteiger partial charge >= 0.3 is 35.4 Å². The number of esters is 2. The molecule has 0 saturated heterocycles. The van der Waals surface area contributed by atoms with Gasteiger partial charge in [-0.25, -0.2) is 13.7 Å². The quantitative estimate of drug-likeness (QED) is 0.0122. The molecular weight excluding hydrogens is 961 g/mol. The van der Waals surface area contributed by atoms with Gasteiger partial charge in [0.05, 0.1) is 6.61 Å². The van der Waals surface area contributed by atoms with Crippen LogP contribution in [0.25, 0.3) is 0 Å². The van der Waals surface area contributed by atoms with Crippen molar-refractivity contribution in [3.05, 3.63) is 60.8 Å². The number of ether oxygens (including phenoxy) is 2. The monoisotopic (exact) mass is 1040 g/mol. The van der Waals surface area contributed by atoms with E-state index in [0.717, 1.165) is 77.0 Å². The van der Waals surface area contributed by atoms with E-state index in [1.54, 1.807) is 0 Å². The summed E-state index contributed by atoms with van der Waals surface area (Å²) < 4.78 is 65.5. The average Bonchev–Trinajstić information content (AvgIpc) is 3.28. The molecule has 1 fully saturated rings. The number of carbonyl (C=O) groups excluding carboxylic acids is 2. The second-order valence-electron chi connectivity index (χ2n) is 17.0. The molecule has 1 aliphatic carbocycles. The molecule has 8 atom stereocenters. The van der Waals surface area contributed by atoms with Crippen LogP contribution in [0.4, 0.5) is 0 Å². The van der Waals surface area contributed by atoms with Crippen molar-refractivity contribution in [3.63, 3.8) is 0 Å². The Morgan fingerprint density at radius 3 is 1.38 bits per heavy atom. The summed E-state index contributed by atoms with van der Waals surface area (Å²) in [7, 11) is -16.6. The van der Waals surface area contributed by atoms with Gasteiger partial charge in [-0.2, -0.15) is 0 Å². The molecule has 0 spiro atoms. The van der Waals surface area contributed by atoms with Crippen molar-refractivity contribution in [2.75, 3.05) is 13.2 Å². The average molecular weight is 1050 g/mol. The Bertz CT molecular complexity index is 1670. The third-order valence-corrected chi connectivity index (χ3v) is 12.8. The van der Waals surface area contributed by atoms with Crippen LogP contribution in [0.3, 0.4) is 0 Å². The zero-order valence-electron chi connectivity index (χ0n) is 40.6. The van der Waals surface area contributed by atoms with Crippen LogP contribution in [0.2, 0.25) is 0 Å². The second-order valence-corrected chi connectivity index (χ2v) is 20.8. The molecule has 22 heteroatoms. The number of rotatable bonds is 41. The molecule has 1 rings (SSSR count). The molecule has 0 bridgehead atoms. The van der Waals surface area contributed by atoms with Gasteiger partial charge in [-0.1, -0.05) is 139 Å². The Morgan fingerprint density at radius 2 is 0.855 bits per heavy atom. The number of aliphatic hydroxyl groups is 3. The van der Waals surface area contributed by atoms with Gasteiger partial charge in [0.25, 0.3) is 0 Å². The largest absolute Gasteiger partial charge is 0.472 e. The van der Waals surface area contributed by atoms with E-state index in [0.29, 0.717) is 19.3 Å². The first-order chi connectivity index (χ1) is 32.8. The van der Waals surface area contributed by atoms with Gasteiger partial charge in [-0.05, 0) is 77.0 Å². The molecule has 0 heterocycles. The highest BCUT2D eigenvalue weighted by molar-refractivity contribution is 7.47. The molecule has 0 aromatic rings. The molecule has 1 saturated carbocycles. The van der Waals surface area contributed by atoms with Crippen molar-refractivity contribution in [2.45, 2.75) is 211 Å². The Morgan fingerprint density at radius 1 is 0.464 bits per heavy atom. The highest BCUT2D eigenvalue weighted by atomic mass is 31.2. The summed E-state index contributed by atoms with van der Waals surface area (Å²) in [5, 5.41) is 31.9. The molecule has 8 unspecified atom stereocenters. The highest BCUT2D eigenvalue weighted by Gasteiger charge is 2.56. The lowest BCUT2D eigenvalue weighted by molar-refractivity contribution is -0.213. The van der Waals surface area contributed by atoms with Crippen LogP contribution < -0.4 is 0 Å². The van der Waals surface area contributed by atoms with E-state index >= 15 is 0 Å². The summed E-state index contributed by atoms with van der Waals surface area (Å²) in [6.07, 6.45) is 26.7. The van der Waals surface area contributed by atoms with Crippen molar-refractivity contribution in [3.8, 4) is 0 Å². The number of hydrogen-bond acceptors (Lipinski definition) is 14. The Hall–Kier alpha value is -2.15. The molecule has 0 aromatic carbocycles. The van der Waals surface area contributed by atoms with Crippen LogP contribution >= 0.6 is 23.5 Å². The van der Waals surface area contributed by atoms with Crippen molar-refractivity contribution >= 4 is 35.4 Å². The highest BCUT2D eigenvalue weighted by Crippen LogP contribution is 2.51. The summed E-state index contributed by atoms with van der Waals surface area (Å²) >= 11 is 0. The molecule has 0 amide bonds. The first kappa shape index (κ1) is 64.9. The second kappa shape index (κ2) is 38.5. The lowest BCUT2D eigenvalue weighted by atomic mass is 9.85. The Balaban J connectivity index is 2.76. The van der Waals surface area contributed by atoms with Crippen molar-refractivity contribution in [1.82, 2.24) is 0 Å². The lowest BCUT2D eigenvalue weighted by Gasteiger charge is -2.44. The van der Waals surface area contributed by atoms with Crippen molar-refractivity contribution in [1.29, 1.82) is 0 Å². The molecule has 0 aliphatic heterocycles. The van der Waals surface area contributed by atoms with E-state index in [1.165, 1.54) is 44.9 Å². The van der Waals surface area contributed by atoms with Gasteiger partial charge in [0.15, 0.2) is 6.10 Å². The van der Waals surface area contributed by atoms with Gasteiger partial charge in [0, 0.05) is 12.8 Å². The minimum atomic E-state index is -5.61. The number of phosphoric ester groups is 3. The zero-order valence-corrected chi connectivity index (χ0v) is 43.3. The summed E-state index contributed by atoms with van der Waals surface area (Å²) in [6, 6.07) is 0. The predicted octanol–water partition coefficient (Wildman–Crippen LogP) is 9.18. The topological polar surface area (TPSA) is 303 Å². The maximum absolute atomic E-state index is 13.1. The number of hydrogen-bond donors (Lipinski definition) is 8. The third-order valence-electron chi connectivity index (χ3n) is 10.8. The van der Waals surface area contributed by atoms with Crippen LogP contribution in [0.5, 0.6) is 0 Å². The van der Waals surface area contributed by atoms with Gasteiger partial charge in [0.1, 0.15) is 43.2 Å². The molecule has 400 valence electrons. The molecule has 19 nitrogen and oxygen atoms in total. The lowest BCUT2D eigenvalue weighted by Crippen LogP contribution is -2.65. The molecule has 0 radical (unpaired) electrons. The van der Waals surface area contributed by atoms with E-state index < -0.39 is 91.3 Å². The SMILES string of the molecule is CCCCCC=CCC=CCC=CCC=CCCCC(=O)OCC(COP(=O)(O)OC1C(O)C(O)C(OP(=O)(O)O)C(OP(=O)(O)O)C1O)OC(=O)CCCCCCCCCC=CCCCCCC. The summed E-state index contributed by atoms with van der Waals surface area (Å²) in [5.41, 5.74) is 0. The van der Waals surface area contributed by atoms with Crippen LogP contribution in [0, 0.1) is 0 Å². The number of aliphatic hydroxyl groups excluding tert-OH is 3. The molecule has 8 N–H and O–H groups in total. The van der Waals surface area contributed by atoms with E-state index in [9.17, 15) is 63.1 Å². The van der Waals surface area contributed by atoms with Gasteiger partial charge in [-0.3, -0.25) is 27.7 Å². The van der Waals surface area contributed by atoms with E-state index in [4.69, 9.17) is 18.5 Å². The third kappa shape index (κ3) is 34.8. The molecule has 69 heavy (non-hydrogen) atoms. The fourth-order valence-electron chi connectivity index (χ4n) is 7.10. The Kier molecular flexibility index (Phi) is 36.2. The van der Waals surface area contributed by atoms with Crippen LogP contribution in [-0.2, 0) is 50.9 Å². The molecule has 0 aromatic heterocycles. The number of allylic oxidation sites excluding steroid dienone is 10. The molecule has 1 aliphatic rings. The van der Waals surface area contributed by atoms with Crippen molar-refractivity contribution < 1.29 is 90.6 Å². The standard InChI is InChI=1S/C47H83O19P3/c1-3-5-7-9-11-13-15-17-19-20-22-23-25-27-29-31-33-35-40(48)61-37-39(63-41(49)36-34-32-30-28-26-24-21-18-16-14-12-10-8-6-4-2)38-62-69(59,60)66-45-42(50)43(51)46(64-67(53,54)55)47(44(45)52)65-68(56,57)58/h11,13-14,16-17,19,22-23,27,29,39,42-47,50-52H,3-10,12,15,18,20-21,24-26,28,30-38H2,1-2H3,(H,59,60)(H2,53,54,55)(H2,56,57,58). The van der Waals surface area contributed by atoms with Crippen LogP contribution in [0.1, 0.15) is 168 Å². The summed E-state index contributed by atoms with van der Waals surface area (Å²) in [5.74, 6) is -1.37. The summed E-state index contributed by atoms with van der Waals surface area (Å²) in [6.45, 7) is 2.85. The fraction of sp³-hybridized carbons (Fsp3) is 0.745. The minimum Gasteiger partial charge on any atom is -0.462 e. The number of unbranched alkanes of at least 4 members (excludes halogenated alkanes) is 15.